The number of amides is 3. The zero-order valence-electron chi connectivity index (χ0n) is 18.3. The van der Waals surface area contributed by atoms with E-state index in [-0.39, 0.29) is 23.2 Å². The second-order valence-electron chi connectivity index (χ2n) is 10.1. The third-order valence-corrected chi connectivity index (χ3v) is 7.22. The van der Waals surface area contributed by atoms with Crippen LogP contribution in [-0.2, 0) is 4.79 Å². The van der Waals surface area contributed by atoms with E-state index in [2.05, 4.69) is 35.9 Å². The quantitative estimate of drug-likeness (QED) is 0.767. The van der Waals surface area contributed by atoms with Crippen molar-refractivity contribution in [2.75, 3.05) is 37.7 Å². The van der Waals surface area contributed by atoms with Gasteiger partial charge in [0, 0.05) is 31.9 Å². The molecule has 7 heteroatoms. The van der Waals surface area contributed by atoms with E-state index in [0.29, 0.717) is 12.6 Å². The molecule has 6 nitrogen and oxygen atoms in total. The largest absolute Gasteiger partial charge is 0.369 e. The van der Waals surface area contributed by atoms with E-state index in [4.69, 9.17) is 0 Å². The summed E-state index contributed by atoms with van der Waals surface area (Å²) in [6, 6.07) is 6.28. The maximum Gasteiger partial charge on any atom is 0.326 e. The van der Waals surface area contributed by atoms with Crippen LogP contribution in [-0.4, -0.2) is 60.1 Å². The zero-order chi connectivity index (χ0) is 21.5. The summed E-state index contributed by atoms with van der Waals surface area (Å²) >= 11 is 0. The number of rotatable bonds is 3. The molecule has 4 rings (SSSR count). The van der Waals surface area contributed by atoms with Crippen LogP contribution in [0.2, 0.25) is 0 Å². The number of piperazine rings is 1. The minimum absolute atomic E-state index is 0.0548. The highest BCUT2D eigenvalue weighted by molar-refractivity contribution is 6.07. The molecule has 0 bridgehead atoms. The van der Waals surface area contributed by atoms with Crippen LogP contribution in [0.4, 0.5) is 14.9 Å². The number of hydrogen-bond acceptors (Lipinski definition) is 4. The summed E-state index contributed by atoms with van der Waals surface area (Å²) in [7, 11) is 0. The van der Waals surface area contributed by atoms with Crippen LogP contribution in [0, 0.1) is 17.2 Å². The fourth-order valence-electron chi connectivity index (χ4n) is 5.12. The van der Waals surface area contributed by atoms with Gasteiger partial charge in [-0.25, -0.2) is 14.1 Å². The Labute approximate surface area is 178 Å². The number of halogens is 1. The van der Waals surface area contributed by atoms with E-state index in [1.54, 1.807) is 12.1 Å². The Hall–Kier alpha value is -2.15. The van der Waals surface area contributed by atoms with Crippen molar-refractivity contribution >= 4 is 17.6 Å². The summed E-state index contributed by atoms with van der Waals surface area (Å²) in [5.41, 5.74) is 0.534. The Bertz CT molecular complexity index is 788. The number of urea groups is 1. The van der Waals surface area contributed by atoms with E-state index in [0.717, 1.165) is 57.5 Å². The summed E-state index contributed by atoms with van der Waals surface area (Å²) in [6.07, 6.45) is 3.40. The molecule has 164 valence electrons. The molecule has 3 fully saturated rings. The van der Waals surface area contributed by atoms with Gasteiger partial charge in [-0.15, -0.1) is 0 Å². The molecule has 1 aromatic rings. The van der Waals surface area contributed by atoms with E-state index in [1.807, 2.05) is 0 Å². The summed E-state index contributed by atoms with van der Waals surface area (Å²) in [6.45, 7) is 10.2. The van der Waals surface area contributed by atoms with Crippen molar-refractivity contribution in [2.24, 2.45) is 11.3 Å². The van der Waals surface area contributed by atoms with E-state index in [1.165, 1.54) is 17.0 Å². The van der Waals surface area contributed by atoms with Crippen LogP contribution < -0.4 is 10.2 Å². The van der Waals surface area contributed by atoms with Crippen LogP contribution in [0.25, 0.3) is 0 Å². The van der Waals surface area contributed by atoms with Gasteiger partial charge in [-0.3, -0.25) is 9.69 Å². The first kappa shape index (κ1) is 21.1. The lowest BCUT2D eigenvalue weighted by molar-refractivity contribution is -0.134. The lowest BCUT2D eigenvalue weighted by Gasteiger charge is -2.41. The number of carbonyl (C=O) groups is 2. The van der Waals surface area contributed by atoms with Gasteiger partial charge in [0.2, 0.25) is 0 Å². The molecule has 1 saturated carbocycles. The van der Waals surface area contributed by atoms with Crippen LogP contribution in [0.5, 0.6) is 0 Å². The average molecular weight is 417 g/mol. The van der Waals surface area contributed by atoms with Gasteiger partial charge >= 0.3 is 6.03 Å². The molecule has 0 atom stereocenters. The number of nitrogens with zero attached hydrogens (tertiary/aromatic N) is 3. The molecule has 1 N–H and O–H groups in total. The molecule has 30 heavy (non-hydrogen) atoms. The highest BCUT2D eigenvalue weighted by atomic mass is 19.1. The predicted molar refractivity (Wildman–Crippen MR) is 115 cm³/mol. The maximum absolute atomic E-state index is 13.2. The van der Waals surface area contributed by atoms with Gasteiger partial charge in [-0.2, -0.15) is 0 Å². The summed E-state index contributed by atoms with van der Waals surface area (Å²) in [4.78, 5) is 31.6. The fourth-order valence-corrected chi connectivity index (χ4v) is 5.12. The molecule has 2 heterocycles. The highest BCUT2D eigenvalue weighted by Gasteiger charge is 2.53. The molecular weight excluding hydrogens is 383 g/mol. The lowest BCUT2D eigenvalue weighted by Crippen LogP contribution is -2.53. The summed E-state index contributed by atoms with van der Waals surface area (Å²) in [5, 5.41) is 3.04. The molecule has 1 aliphatic carbocycles. The number of nitrogens with one attached hydrogen (secondary N) is 1. The minimum atomic E-state index is -0.700. The Morgan fingerprint density at radius 1 is 1.03 bits per heavy atom. The van der Waals surface area contributed by atoms with Crippen LogP contribution in [0.1, 0.15) is 46.5 Å². The number of hydrogen-bond donors (Lipinski definition) is 1. The number of imide groups is 1. The summed E-state index contributed by atoms with van der Waals surface area (Å²) in [5.74, 6) is 0.295. The van der Waals surface area contributed by atoms with Crippen LogP contribution in [0.15, 0.2) is 24.3 Å². The minimum Gasteiger partial charge on any atom is -0.369 e. The molecule has 1 spiro atoms. The third-order valence-electron chi connectivity index (χ3n) is 7.22. The standard InChI is InChI=1S/C23H33FN4O2/c1-22(2,3)17-8-10-23(11-9-17)20(29)28(21(30)25-23)16-26-12-14-27(15-13-26)19-6-4-18(24)5-7-19/h4-7,17H,8-16H2,1-3H3,(H,25,30). The molecule has 3 aliphatic rings. The first-order valence-corrected chi connectivity index (χ1v) is 11.0. The fraction of sp³-hybridized carbons (Fsp3) is 0.652. The van der Waals surface area contributed by atoms with Gasteiger partial charge in [0.15, 0.2) is 0 Å². The smallest absolute Gasteiger partial charge is 0.326 e. The normalized spacial score (nSPS) is 28.3. The van der Waals surface area contributed by atoms with Gasteiger partial charge in [0.1, 0.15) is 11.4 Å². The van der Waals surface area contributed by atoms with Crippen molar-refractivity contribution in [1.82, 2.24) is 15.1 Å². The van der Waals surface area contributed by atoms with E-state index >= 15 is 0 Å². The molecule has 2 aliphatic heterocycles. The molecule has 0 unspecified atom stereocenters. The van der Waals surface area contributed by atoms with Crippen molar-refractivity contribution in [3.05, 3.63) is 30.1 Å². The molecule has 0 radical (unpaired) electrons. The van der Waals surface area contributed by atoms with Gasteiger partial charge in [-0.05, 0) is 61.3 Å². The third kappa shape index (κ3) is 4.04. The molecular formula is C23H33FN4O2. The number of benzene rings is 1. The van der Waals surface area contributed by atoms with Crippen molar-refractivity contribution < 1.29 is 14.0 Å². The Morgan fingerprint density at radius 2 is 1.63 bits per heavy atom. The summed E-state index contributed by atoms with van der Waals surface area (Å²) < 4.78 is 13.1. The first-order valence-electron chi connectivity index (χ1n) is 11.0. The van der Waals surface area contributed by atoms with Gasteiger partial charge < -0.3 is 10.2 Å². The van der Waals surface area contributed by atoms with Gasteiger partial charge in [-0.1, -0.05) is 20.8 Å². The Balaban J connectivity index is 1.33. The van der Waals surface area contributed by atoms with Gasteiger partial charge in [0.25, 0.3) is 5.91 Å². The van der Waals surface area contributed by atoms with Crippen LogP contribution in [0.3, 0.4) is 0 Å². The van der Waals surface area contributed by atoms with Crippen LogP contribution >= 0.6 is 0 Å². The molecule has 1 aromatic carbocycles. The second-order valence-corrected chi connectivity index (χ2v) is 10.1. The lowest BCUT2D eigenvalue weighted by atomic mass is 9.67. The highest BCUT2D eigenvalue weighted by Crippen LogP contribution is 2.43. The first-order chi connectivity index (χ1) is 14.2. The Kier molecular flexibility index (Phi) is 5.51. The van der Waals surface area contributed by atoms with E-state index < -0.39 is 5.54 Å². The van der Waals surface area contributed by atoms with Gasteiger partial charge in [0.05, 0.1) is 6.67 Å². The molecule has 0 aromatic heterocycles. The SMILES string of the molecule is CC(C)(C)C1CCC2(CC1)NC(=O)N(CN1CCN(c3ccc(F)cc3)CC1)C2=O. The molecule has 3 amide bonds. The van der Waals surface area contributed by atoms with Crippen molar-refractivity contribution in [3.8, 4) is 0 Å². The predicted octanol–water partition coefficient (Wildman–Crippen LogP) is 3.43. The monoisotopic (exact) mass is 416 g/mol. The van der Waals surface area contributed by atoms with Crippen molar-refractivity contribution in [2.45, 2.75) is 52.0 Å². The zero-order valence-corrected chi connectivity index (χ0v) is 18.3. The van der Waals surface area contributed by atoms with E-state index in [9.17, 15) is 14.0 Å². The molecule has 2 saturated heterocycles. The van der Waals surface area contributed by atoms with Crippen molar-refractivity contribution in [3.63, 3.8) is 0 Å². The number of anilines is 1. The second kappa shape index (κ2) is 7.84. The topological polar surface area (TPSA) is 55.9 Å². The maximum atomic E-state index is 13.2. The average Bonchev–Trinajstić information content (AvgIpc) is 2.93. The Morgan fingerprint density at radius 3 is 2.20 bits per heavy atom. The van der Waals surface area contributed by atoms with Crippen molar-refractivity contribution in [1.29, 1.82) is 0 Å². The number of carbonyl (C=O) groups excluding carboxylic acids is 2.